The Morgan fingerprint density at radius 2 is 1.95 bits per heavy atom. The average Bonchev–Trinajstić information content (AvgIpc) is 2.41. The fourth-order valence-corrected chi connectivity index (χ4v) is 2.31. The zero-order valence-corrected chi connectivity index (χ0v) is 12.4. The molecule has 0 aliphatic carbocycles. The number of ether oxygens (including phenoxy) is 1. The summed E-state index contributed by atoms with van der Waals surface area (Å²) in [4.78, 5) is 0. The monoisotopic (exact) mass is 342 g/mol. The Labute approximate surface area is 128 Å². The van der Waals surface area contributed by atoms with E-state index in [9.17, 15) is 0 Å². The number of benzene rings is 2. The van der Waals surface area contributed by atoms with Crippen molar-refractivity contribution >= 4 is 27.5 Å². The second kappa shape index (κ2) is 6.94. The molecule has 0 atom stereocenters. The summed E-state index contributed by atoms with van der Waals surface area (Å²) in [5, 5.41) is 9.69. The van der Waals surface area contributed by atoms with E-state index < -0.39 is 13.2 Å². The summed E-state index contributed by atoms with van der Waals surface area (Å²) in [6, 6.07) is 13.0. The molecule has 4 heteroatoms. The van der Waals surface area contributed by atoms with Crippen molar-refractivity contribution in [2.24, 2.45) is 0 Å². The van der Waals surface area contributed by atoms with Crippen LogP contribution in [0.1, 0.15) is 13.9 Å². The van der Waals surface area contributed by atoms with Crippen molar-refractivity contribution in [2.75, 3.05) is 13.2 Å². The SMILES string of the molecule is [2H]C([2H])(O)COc1ccc(Cc2cc(Br)ccc2Cl)cc1. The molecule has 2 aromatic rings. The summed E-state index contributed by atoms with van der Waals surface area (Å²) in [6.07, 6.45) is 0.694. The van der Waals surface area contributed by atoms with Gasteiger partial charge in [0.2, 0.25) is 0 Å². The van der Waals surface area contributed by atoms with E-state index in [2.05, 4.69) is 15.9 Å². The van der Waals surface area contributed by atoms with Crippen LogP contribution < -0.4 is 4.74 Å². The molecule has 0 bridgehead atoms. The molecule has 0 saturated heterocycles. The smallest absolute Gasteiger partial charge is 0.119 e. The van der Waals surface area contributed by atoms with E-state index >= 15 is 0 Å². The molecule has 0 amide bonds. The quantitative estimate of drug-likeness (QED) is 0.887. The second-order valence-corrected chi connectivity index (χ2v) is 5.33. The Hall–Kier alpha value is -1.03. The minimum absolute atomic E-state index is 0.399. The lowest BCUT2D eigenvalue weighted by atomic mass is 10.1. The summed E-state index contributed by atoms with van der Waals surface area (Å²) < 4.78 is 20.1. The van der Waals surface area contributed by atoms with Gasteiger partial charge in [0.15, 0.2) is 0 Å². The predicted molar refractivity (Wildman–Crippen MR) is 81.0 cm³/mol. The van der Waals surface area contributed by atoms with Crippen LogP contribution in [0.2, 0.25) is 5.02 Å². The van der Waals surface area contributed by atoms with Crippen molar-refractivity contribution in [3.63, 3.8) is 0 Å². The highest BCUT2D eigenvalue weighted by Gasteiger charge is 2.03. The third-order valence-corrected chi connectivity index (χ3v) is 3.49. The van der Waals surface area contributed by atoms with E-state index in [4.69, 9.17) is 24.2 Å². The van der Waals surface area contributed by atoms with Crippen LogP contribution in [-0.4, -0.2) is 18.3 Å². The maximum absolute atomic E-state index is 8.97. The molecule has 0 spiro atoms. The molecule has 0 heterocycles. The lowest BCUT2D eigenvalue weighted by Crippen LogP contribution is -2.01. The molecule has 0 aliphatic rings. The van der Waals surface area contributed by atoms with Crippen LogP contribution in [0, 0.1) is 0 Å². The van der Waals surface area contributed by atoms with Crippen LogP contribution >= 0.6 is 27.5 Å². The van der Waals surface area contributed by atoms with Crippen LogP contribution in [0.25, 0.3) is 0 Å². The van der Waals surface area contributed by atoms with E-state index in [1.165, 1.54) is 0 Å². The Balaban J connectivity index is 2.04. The van der Waals surface area contributed by atoms with Gasteiger partial charge < -0.3 is 9.84 Å². The first-order chi connectivity index (χ1) is 9.83. The lowest BCUT2D eigenvalue weighted by Gasteiger charge is -2.07. The van der Waals surface area contributed by atoms with E-state index in [1.807, 2.05) is 30.3 Å². The Kier molecular flexibility index (Phi) is 4.30. The third kappa shape index (κ3) is 4.23. The van der Waals surface area contributed by atoms with E-state index in [0.29, 0.717) is 17.2 Å². The lowest BCUT2D eigenvalue weighted by molar-refractivity contribution is 0.201. The van der Waals surface area contributed by atoms with E-state index in [1.54, 1.807) is 12.1 Å². The largest absolute Gasteiger partial charge is 0.491 e. The average molecular weight is 344 g/mol. The highest BCUT2D eigenvalue weighted by Crippen LogP contribution is 2.24. The van der Waals surface area contributed by atoms with Crippen molar-refractivity contribution in [3.8, 4) is 5.75 Å². The van der Waals surface area contributed by atoms with Crippen LogP contribution in [0.4, 0.5) is 0 Å². The van der Waals surface area contributed by atoms with E-state index in [0.717, 1.165) is 15.6 Å². The maximum Gasteiger partial charge on any atom is 0.119 e. The summed E-state index contributed by atoms with van der Waals surface area (Å²) in [6.45, 7) is -2.73. The number of hydrogen-bond donors (Lipinski definition) is 1. The molecular formula is C15H14BrClO2. The van der Waals surface area contributed by atoms with Gasteiger partial charge in [0.05, 0.1) is 9.30 Å². The molecule has 0 fully saturated rings. The van der Waals surface area contributed by atoms with Crippen molar-refractivity contribution in [2.45, 2.75) is 6.42 Å². The zero-order valence-electron chi connectivity index (χ0n) is 12.1. The van der Waals surface area contributed by atoms with Gasteiger partial charge in [-0.1, -0.05) is 39.7 Å². The number of aliphatic hydroxyl groups is 1. The molecule has 0 aliphatic heterocycles. The van der Waals surface area contributed by atoms with Gasteiger partial charge in [-0.25, -0.2) is 0 Å². The summed E-state index contributed by atoms with van der Waals surface area (Å²) in [7, 11) is 0. The van der Waals surface area contributed by atoms with Gasteiger partial charge in [0, 0.05) is 9.50 Å². The molecule has 0 radical (unpaired) electrons. The fourth-order valence-electron chi connectivity index (χ4n) is 1.72. The molecular weight excluding hydrogens is 328 g/mol. The molecule has 0 saturated carbocycles. The molecule has 19 heavy (non-hydrogen) atoms. The van der Waals surface area contributed by atoms with Gasteiger partial charge in [-0.2, -0.15) is 0 Å². The fraction of sp³-hybridized carbons (Fsp3) is 0.200. The Morgan fingerprint density at radius 1 is 1.21 bits per heavy atom. The zero-order chi connectivity index (χ0) is 15.5. The standard InChI is InChI=1S/C15H14BrClO2/c16-13-3-6-15(17)12(10-13)9-11-1-4-14(5-2-11)19-8-7-18/h1-6,10,18H,7-9H2/i7D2. The van der Waals surface area contributed by atoms with Gasteiger partial charge in [0.25, 0.3) is 0 Å². The first-order valence-electron chi connectivity index (χ1n) is 6.71. The van der Waals surface area contributed by atoms with Crippen molar-refractivity contribution < 1.29 is 12.6 Å². The minimum atomic E-state index is -2.33. The van der Waals surface area contributed by atoms with Gasteiger partial charge in [0.1, 0.15) is 12.4 Å². The molecule has 1 N–H and O–H groups in total. The number of rotatable bonds is 5. The Bertz CT molecular complexity index is 612. The molecule has 2 rings (SSSR count). The van der Waals surface area contributed by atoms with Crippen LogP contribution in [0.15, 0.2) is 46.9 Å². The molecule has 0 aromatic heterocycles. The highest BCUT2D eigenvalue weighted by atomic mass is 79.9. The first-order valence-corrected chi connectivity index (χ1v) is 6.89. The normalized spacial score (nSPS) is 12.8. The van der Waals surface area contributed by atoms with Crippen LogP contribution in [0.3, 0.4) is 0 Å². The van der Waals surface area contributed by atoms with Gasteiger partial charge in [-0.3, -0.25) is 0 Å². The first kappa shape index (κ1) is 11.8. The van der Waals surface area contributed by atoms with Crippen LogP contribution in [-0.2, 0) is 6.42 Å². The van der Waals surface area contributed by atoms with Crippen molar-refractivity contribution in [1.29, 1.82) is 0 Å². The predicted octanol–water partition coefficient (Wildman–Crippen LogP) is 4.06. The van der Waals surface area contributed by atoms with Crippen LogP contribution in [0.5, 0.6) is 5.75 Å². The Morgan fingerprint density at radius 3 is 2.63 bits per heavy atom. The minimum Gasteiger partial charge on any atom is -0.491 e. The number of halogens is 2. The van der Waals surface area contributed by atoms with E-state index in [-0.39, 0.29) is 0 Å². The summed E-state index contributed by atoms with van der Waals surface area (Å²) >= 11 is 9.58. The molecule has 100 valence electrons. The molecule has 0 unspecified atom stereocenters. The highest BCUT2D eigenvalue weighted by molar-refractivity contribution is 9.10. The summed E-state index contributed by atoms with van der Waals surface area (Å²) in [5.74, 6) is 0.511. The third-order valence-electron chi connectivity index (χ3n) is 2.63. The van der Waals surface area contributed by atoms with Gasteiger partial charge in [-0.15, -0.1) is 0 Å². The van der Waals surface area contributed by atoms with Crippen molar-refractivity contribution in [1.82, 2.24) is 0 Å². The van der Waals surface area contributed by atoms with Gasteiger partial charge >= 0.3 is 0 Å². The number of hydrogen-bond acceptors (Lipinski definition) is 2. The summed E-state index contributed by atoms with van der Waals surface area (Å²) in [5.41, 5.74) is 2.08. The molecule has 2 nitrogen and oxygen atoms in total. The molecule has 2 aromatic carbocycles. The maximum atomic E-state index is 8.97. The second-order valence-electron chi connectivity index (χ2n) is 4.00. The topological polar surface area (TPSA) is 29.5 Å². The van der Waals surface area contributed by atoms with Crippen molar-refractivity contribution in [3.05, 3.63) is 63.1 Å². The van der Waals surface area contributed by atoms with Gasteiger partial charge in [-0.05, 0) is 47.9 Å².